The molecule has 1 aliphatic rings. The van der Waals surface area contributed by atoms with Crippen LogP contribution in [0.25, 0.3) is 0 Å². The first-order valence-corrected chi connectivity index (χ1v) is 9.02. The van der Waals surface area contributed by atoms with E-state index in [1.807, 2.05) is 24.3 Å². The number of halogens is 1. The maximum absolute atomic E-state index is 13.9. The Hall–Kier alpha value is -2.69. The van der Waals surface area contributed by atoms with Crippen LogP contribution in [0.4, 0.5) is 10.1 Å². The lowest BCUT2D eigenvalue weighted by Gasteiger charge is -2.32. The third-order valence-electron chi connectivity index (χ3n) is 4.79. The van der Waals surface area contributed by atoms with Crippen LogP contribution < -0.4 is 5.32 Å². The summed E-state index contributed by atoms with van der Waals surface area (Å²) in [5.41, 5.74) is 1.99. The first-order chi connectivity index (χ1) is 12.6. The minimum absolute atomic E-state index is 0.0594. The highest BCUT2D eigenvalue weighted by Gasteiger charge is 2.29. The van der Waals surface area contributed by atoms with Crippen LogP contribution in [0.1, 0.15) is 35.7 Å². The van der Waals surface area contributed by atoms with Gasteiger partial charge in [0.25, 0.3) is 5.91 Å². The predicted octanol–water partition coefficient (Wildman–Crippen LogP) is 3.88. The van der Waals surface area contributed by atoms with Gasteiger partial charge in [0.2, 0.25) is 5.91 Å². The zero-order valence-corrected chi connectivity index (χ0v) is 14.9. The maximum Gasteiger partial charge on any atom is 0.256 e. The molecule has 0 aliphatic carbocycles. The zero-order valence-electron chi connectivity index (χ0n) is 14.9. The summed E-state index contributed by atoms with van der Waals surface area (Å²) in [6.45, 7) is 2.92. The van der Waals surface area contributed by atoms with Crippen LogP contribution in [0.3, 0.4) is 0 Å². The average molecular weight is 354 g/mol. The Labute approximate surface area is 153 Å². The summed E-state index contributed by atoms with van der Waals surface area (Å²) in [6, 6.07) is 13.7. The number of rotatable bonds is 4. The van der Waals surface area contributed by atoms with E-state index in [1.165, 1.54) is 12.1 Å². The van der Waals surface area contributed by atoms with Gasteiger partial charge in [-0.15, -0.1) is 0 Å². The molecule has 0 saturated carbocycles. The van der Waals surface area contributed by atoms with E-state index in [-0.39, 0.29) is 23.3 Å². The quantitative estimate of drug-likeness (QED) is 0.906. The van der Waals surface area contributed by atoms with E-state index in [2.05, 4.69) is 12.2 Å². The molecule has 3 rings (SSSR count). The van der Waals surface area contributed by atoms with Crippen LogP contribution in [-0.2, 0) is 11.2 Å². The molecule has 2 aromatic rings. The first kappa shape index (κ1) is 18.1. The van der Waals surface area contributed by atoms with Gasteiger partial charge in [0.1, 0.15) is 5.82 Å². The summed E-state index contributed by atoms with van der Waals surface area (Å²) in [5, 5.41) is 2.95. The number of piperidine rings is 1. The summed E-state index contributed by atoms with van der Waals surface area (Å²) in [7, 11) is 0. The molecule has 2 amide bonds. The second-order valence-corrected chi connectivity index (χ2v) is 6.61. The monoisotopic (exact) mass is 354 g/mol. The van der Waals surface area contributed by atoms with Crippen LogP contribution >= 0.6 is 0 Å². The van der Waals surface area contributed by atoms with Crippen molar-refractivity contribution >= 4 is 17.5 Å². The fourth-order valence-corrected chi connectivity index (χ4v) is 3.29. The third kappa shape index (κ3) is 4.10. The van der Waals surface area contributed by atoms with Gasteiger partial charge in [-0.1, -0.05) is 31.2 Å². The van der Waals surface area contributed by atoms with Crippen molar-refractivity contribution in [3.8, 4) is 0 Å². The summed E-state index contributed by atoms with van der Waals surface area (Å²) >= 11 is 0. The van der Waals surface area contributed by atoms with Crippen molar-refractivity contribution < 1.29 is 14.0 Å². The normalized spacial score (nSPS) is 17.0. The summed E-state index contributed by atoms with van der Waals surface area (Å²) in [4.78, 5) is 26.8. The Morgan fingerprint density at radius 1 is 1.19 bits per heavy atom. The van der Waals surface area contributed by atoms with Crippen molar-refractivity contribution in [1.29, 1.82) is 0 Å². The molecule has 2 aromatic carbocycles. The van der Waals surface area contributed by atoms with Crippen molar-refractivity contribution in [2.75, 3.05) is 18.4 Å². The highest BCUT2D eigenvalue weighted by molar-refractivity contribution is 5.96. The average Bonchev–Trinajstić information content (AvgIpc) is 2.68. The Kier molecular flexibility index (Phi) is 5.66. The molecule has 1 N–H and O–H groups in total. The molecule has 0 radical (unpaired) electrons. The van der Waals surface area contributed by atoms with E-state index in [1.54, 1.807) is 17.0 Å². The Morgan fingerprint density at radius 2 is 2.00 bits per heavy atom. The molecule has 1 aliphatic heterocycles. The molecule has 0 unspecified atom stereocenters. The van der Waals surface area contributed by atoms with Crippen molar-refractivity contribution in [3.05, 3.63) is 65.5 Å². The van der Waals surface area contributed by atoms with E-state index in [0.717, 1.165) is 30.5 Å². The number of anilines is 1. The van der Waals surface area contributed by atoms with Crippen LogP contribution in [0.5, 0.6) is 0 Å². The van der Waals surface area contributed by atoms with Crippen LogP contribution in [0.15, 0.2) is 48.5 Å². The fraction of sp³-hybridized carbons (Fsp3) is 0.333. The number of nitrogens with zero attached hydrogens (tertiary/aromatic N) is 1. The maximum atomic E-state index is 13.9. The van der Waals surface area contributed by atoms with Crippen LogP contribution in [-0.4, -0.2) is 29.8 Å². The first-order valence-electron chi connectivity index (χ1n) is 9.02. The smallest absolute Gasteiger partial charge is 0.256 e. The van der Waals surface area contributed by atoms with Crippen molar-refractivity contribution in [2.24, 2.45) is 5.92 Å². The number of hydrogen-bond donors (Lipinski definition) is 1. The largest absolute Gasteiger partial charge is 0.338 e. The summed E-state index contributed by atoms with van der Waals surface area (Å²) in [5.74, 6) is -1.26. The lowest BCUT2D eigenvalue weighted by Crippen LogP contribution is -2.44. The number of likely N-dealkylation sites (tertiary alicyclic amines) is 1. The minimum atomic E-state index is -0.527. The Bertz CT molecular complexity index is 806. The van der Waals surface area contributed by atoms with E-state index in [0.29, 0.717) is 13.1 Å². The minimum Gasteiger partial charge on any atom is -0.338 e. The van der Waals surface area contributed by atoms with Gasteiger partial charge < -0.3 is 10.2 Å². The van der Waals surface area contributed by atoms with Gasteiger partial charge in [-0.3, -0.25) is 9.59 Å². The molecule has 1 atom stereocenters. The number of amides is 2. The van der Waals surface area contributed by atoms with Gasteiger partial charge in [0, 0.05) is 18.8 Å². The molecule has 4 nitrogen and oxygen atoms in total. The van der Waals surface area contributed by atoms with E-state index >= 15 is 0 Å². The number of carbonyl (C=O) groups excluding carboxylic acids is 2. The third-order valence-corrected chi connectivity index (χ3v) is 4.79. The van der Waals surface area contributed by atoms with Gasteiger partial charge in [-0.05, 0) is 49.1 Å². The highest BCUT2D eigenvalue weighted by atomic mass is 19.1. The van der Waals surface area contributed by atoms with Gasteiger partial charge in [-0.25, -0.2) is 4.39 Å². The summed E-state index contributed by atoms with van der Waals surface area (Å²) < 4.78 is 13.9. The lowest BCUT2D eigenvalue weighted by atomic mass is 9.96. The second kappa shape index (κ2) is 8.13. The number of nitrogens with one attached hydrogen (secondary N) is 1. The molecule has 5 heteroatoms. The second-order valence-electron chi connectivity index (χ2n) is 6.61. The van der Waals surface area contributed by atoms with Crippen molar-refractivity contribution in [1.82, 2.24) is 4.90 Å². The van der Waals surface area contributed by atoms with Crippen molar-refractivity contribution in [3.63, 3.8) is 0 Å². The van der Waals surface area contributed by atoms with E-state index in [9.17, 15) is 14.0 Å². The highest BCUT2D eigenvalue weighted by Crippen LogP contribution is 2.22. The molecule has 26 heavy (non-hydrogen) atoms. The zero-order chi connectivity index (χ0) is 18.5. The molecule has 1 fully saturated rings. The van der Waals surface area contributed by atoms with E-state index in [4.69, 9.17) is 0 Å². The molecule has 0 bridgehead atoms. The number of hydrogen-bond acceptors (Lipinski definition) is 2. The topological polar surface area (TPSA) is 49.4 Å². The van der Waals surface area contributed by atoms with E-state index < -0.39 is 5.82 Å². The summed E-state index contributed by atoms with van der Waals surface area (Å²) in [6.07, 6.45) is 2.35. The van der Waals surface area contributed by atoms with Crippen LogP contribution in [0, 0.1) is 11.7 Å². The van der Waals surface area contributed by atoms with Gasteiger partial charge >= 0.3 is 0 Å². The molecule has 136 valence electrons. The molecular formula is C21H23FN2O2. The lowest BCUT2D eigenvalue weighted by molar-refractivity contribution is -0.121. The Balaban J connectivity index is 1.67. The van der Waals surface area contributed by atoms with Gasteiger partial charge in [0.15, 0.2) is 0 Å². The molecule has 0 spiro atoms. The predicted molar refractivity (Wildman–Crippen MR) is 99.5 cm³/mol. The Morgan fingerprint density at radius 3 is 2.77 bits per heavy atom. The van der Waals surface area contributed by atoms with Crippen LogP contribution in [0.2, 0.25) is 0 Å². The SMILES string of the molecule is CCc1cccc(NC(=O)[C@H]2CCCN(C(=O)c3ccccc3F)C2)c1. The number of carbonyl (C=O) groups is 2. The molecular weight excluding hydrogens is 331 g/mol. The fourth-order valence-electron chi connectivity index (χ4n) is 3.29. The number of aryl methyl sites for hydroxylation is 1. The van der Waals surface area contributed by atoms with Crippen molar-refractivity contribution in [2.45, 2.75) is 26.2 Å². The molecule has 0 aromatic heterocycles. The molecule has 1 heterocycles. The van der Waals surface area contributed by atoms with Gasteiger partial charge in [0.05, 0.1) is 11.5 Å². The molecule has 1 saturated heterocycles. The van der Waals surface area contributed by atoms with Gasteiger partial charge in [-0.2, -0.15) is 0 Å². The standard InChI is InChI=1S/C21H23FN2O2/c1-2-15-7-5-9-17(13-15)23-20(25)16-8-6-12-24(14-16)21(26)18-10-3-4-11-19(18)22/h3-5,7,9-11,13,16H,2,6,8,12,14H2,1H3,(H,23,25)/t16-/m0/s1. The number of benzene rings is 2.